The molecule has 0 aliphatic carbocycles. The zero-order valence-electron chi connectivity index (χ0n) is 12.9. The Balaban J connectivity index is 2.34. The van der Waals surface area contributed by atoms with Crippen molar-refractivity contribution in [1.29, 1.82) is 0 Å². The minimum atomic E-state index is -4.70. The number of phenolic OH excluding ortho intramolecular Hbond substituents is 1. The average molecular weight is 343 g/mol. The van der Waals surface area contributed by atoms with Crippen molar-refractivity contribution in [3.05, 3.63) is 36.0 Å². The van der Waals surface area contributed by atoms with Gasteiger partial charge in [-0.2, -0.15) is 18.2 Å². The SMILES string of the molecule is C[C@@H](O)[C@@H](C)Oc1nc(Nc2cccc(O)c2)ncc1C(F)(F)F. The summed E-state index contributed by atoms with van der Waals surface area (Å²) in [6.07, 6.45) is -5.97. The number of nitrogens with one attached hydrogen (secondary N) is 1. The molecule has 3 N–H and O–H groups in total. The molecule has 0 radical (unpaired) electrons. The molecule has 24 heavy (non-hydrogen) atoms. The fourth-order valence-corrected chi connectivity index (χ4v) is 1.70. The van der Waals surface area contributed by atoms with Crippen molar-refractivity contribution >= 4 is 11.6 Å². The molecule has 0 saturated heterocycles. The van der Waals surface area contributed by atoms with Crippen molar-refractivity contribution in [2.45, 2.75) is 32.2 Å². The predicted molar refractivity (Wildman–Crippen MR) is 80.2 cm³/mol. The van der Waals surface area contributed by atoms with Gasteiger partial charge in [0.15, 0.2) is 0 Å². The van der Waals surface area contributed by atoms with Crippen LogP contribution >= 0.6 is 0 Å². The van der Waals surface area contributed by atoms with Crippen molar-refractivity contribution in [3.63, 3.8) is 0 Å². The number of rotatable bonds is 5. The van der Waals surface area contributed by atoms with Crippen LogP contribution < -0.4 is 10.1 Å². The molecule has 1 aromatic heterocycles. The second-order valence-electron chi connectivity index (χ2n) is 5.15. The Morgan fingerprint density at radius 2 is 1.96 bits per heavy atom. The van der Waals surface area contributed by atoms with Gasteiger partial charge in [-0.05, 0) is 26.0 Å². The van der Waals surface area contributed by atoms with Crippen LogP contribution in [0.3, 0.4) is 0 Å². The number of aliphatic hydroxyl groups is 1. The first kappa shape index (κ1) is 17.8. The number of ether oxygens (including phenoxy) is 1. The van der Waals surface area contributed by atoms with Crippen LogP contribution in [0.1, 0.15) is 19.4 Å². The van der Waals surface area contributed by atoms with E-state index in [1.807, 2.05) is 0 Å². The molecule has 1 aromatic carbocycles. The van der Waals surface area contributed by atoms with Crippen LogP contribution in [0.15, 0.2) is 30.5 Å². The van der Waals surface area contributed by atoms with E-state index in [1.54, 1.807) is 12.1 Å². The van der Waals surface area contributed by atoms with Crippen LogP contribution in [0.5, 0.6) is 11.6 Å². The molecule has 2 rings (SSSR count). The lowest BCUT2D eigenvalue weighted by Gasteiger charge is -2.19. The average Bonchev–Trinajstić information content (AvgIpc) is 2.46. The lowest BCUT2D eigenvalue weighted by atomic mass is 10.2. The molecule has 130 valence electrons. The lowest BCUT2D eigenvalue weighted by Crippen LogP contribution is -2.27. The summed E-state index contributed by atoms with van der Waals surface area (Å²) in [5.41, 5.74) is -0.749. The number of aliphatic hydroxyl groups excluding tert-OH is 1. The first-order chi connectivity index (χ1) is 11.2. The maximum atomic E-state index is 13.0. The largest absolute Gasteiger partial charge is 0.508 e. The highest BCUT2D eigenvalue weighted by Crippen LogP contribution is 2.36. The fourth-order valence-electron chi connectivity index (χ4n) is 1.70. The normalized spacial score (nSPS) is 14.1. The molecule has 0 amide bonds. The van der Waals surface area contributed by atoms with Crippen LogP contribution in [-0.4, -0.2) is 32.4 Å². The highest BCUT2D eigenvalue weighted by Gasteiger charge is 2.37. The number of aromatic hydroxyl groups is 1. The van der Waals surface area contributed by atoms with Gasteiger partial charge in [0.05, 0.1) is 6.10 Å². The number of halogens is 3. The smallest absolute Gasteiger partial charge is 0.423 e. The number of nitrogens with zero attached hydrogens (tertiary/aromatic N) is 2. The van der Waals surface area contributed by atoms with Crippen LogP contribution in [0.4, 0.5) is 24.8 Å². The number of alkyl halides is 3. The number of aromatic nitrogens is 2. The summed E-state index contributed by atoms with van der Waals surface area (Å²) in [5, 5.41) is 21.5. The molecular weight excluding hydrogens is 327 g/mol. The molecule has 2 atom stereocenters. The molecule has 0 aliphatic heterocycles. The van der Waals surface area contributed by atoms with E-state index >= 15 is 0 Å². The van der Waals surface area contributed by atoms with Crippen molar-refractivity contribution in [3.8, 4) is 11.6 Å². The first-order valence-corrected chi connectivity index (χ1v) is 7.02. The number of benzene rings is 1. The molecule has 0 spiro atoms. The molecule has 9 heteroatoms. The monoisotopic (exact) mass is 343 g/mol. The molecule has 2 aromatic rings. The van der Waals surface area contributed by atoms with Crippen LogP contribution in [0.25, 0.3) is 0 Å². The molecule has 0 unspecified atom stereocenters. The summed E-state index contributed by atoms with van der Waals surface area (Å²) in [6.45, 7) is 2.82. The second kappa shape index (κ2) is 6.91. The van der Waals surface area contributed by atoms with E-state index in [2.05, 4.69) is 15.3 Å². The number of phenols is 1. The molecule has 0 aliphatic rings. The highest BCUT2D eigenvalue weighted by molar-refractivity contribution is 5.56. The second-order valence-corrected chi connectivity index (χ2v) is 5.15. The summed E-state index contributed by atoms with van der Waals surface area (Å²) in [4.78, 5) is 7.35. The molecule has 6 nitrogen and oxygen atoms in total. The van der Waals surface area contributed by atoms with Crippen LogP contribution in [0.2, 0.25) is 0 Å². The van der Waals surface area contributed by atoms with Gasteiger partial charge in [0.2, 0.25) is 11.8 Å². The minimum absolute atomic E-state index is 0.0221. The van der Waals surface area contributed by atoms with Crippen molar-refractivity contribution in [1.82, 2.24) is 9.97 Å². The predicted octanol–water partition coefficient (Wildman–Crippen LogP) is 3.09. The topological polar surface area (TPSA) is 87.5 Å². The van der Waals surface area contributed by atoms with E-state index in [0.717, 1.165) is 0 Å². The summed E-state index contributed by atoms with van der Waals surface area (Å²) >= 11 is 0. The van der Waals surface area contributed by atoms with E-state index in [0.29, 0.717) is 11.9 Å². The third kappa shape index (κ3) is 4.48. The highest BCUT2D eigenvalue weighted by atomic mass is 19.4. The van der Waals surface area contributed by atoms with Gasteiger partial charge >= 0.3 is 6.18 Å². The Kier molecular flexibility index (Phi) is 5.13. The van der Waals surface area contributed by atoms with Crippen molar-refractivity contribution < 1.29 is 28.1 Å². The van der Waals surface area contributed by atoms with Gasteiger partial charge in [-0.15, -0.1) is 0 Å². The summed E-state index contributed by atoms with van der Waals surface area (Å²) in [7, 11) is 0. The third-order valence-electron chi connectivity index (χ3n) is 3.14. The van der Waals surface area contributed by atoms with E-state index in [1.165, 1.54) is 26.0 Å². The molecule has 0 bridgehead atoms. The van der Waals surface area contributed by atoms with E-state index in [9.17, 15) is 23.4 Å². The van der Waals surface area contributed by atoms with Gasteiger partial charge in [-0.25, -0.2) is 4.98 Å². The summed E-state index contributed by atoms with van der Waals surface area (Å²) in [5.74, 6) is -0.846. The Bertz CT molecular complexity index is 708. The Morgan fingerprint density at radius 3 is 2.54 bits per heavy atom. The molecule has 0 fully saturated rings. The van der Waals surface area contributed by atoms with Gasteiger partial charge in [-0.3, -0.25) is 0 Å². The van der Waals surface area contributed by atoms with Crippen LogP contribution in [-0.2, 0) is 6.18 Å². The van der Waals surface area contributed by atoms with Gasteiger partial charge in [0.25, 0.3) is 0 Å². The maximum absolute atomic E-state index is 13.0. The van der Waals surface area contributed by atoms with Gasteiger partial charge in [0.1, 0.15) is 17.4 Å². The molecular formula is C15H16F3N3O3. The standard InChI is InChI=1S/C15H16F3N3O3/c1-8(22)9(2)24-13-12(15(16,17)18)7-19-14(21-13)20-10-4-3-5-11(23)6-10/h3-9,22-23H,1-2H3,(H,19,20,21)/t8-,9-/m1/s1. The fraction of sp³-hybridized carbons (Fsp3) is 0.333. The van der Waals surface area contributed by atoms with Gasteiger partial charge in [0, 0.05) is 18.0 Å². The zero-order valence-corrected chi connectivity index (χ0v) is 12.9. The van der Waals surface area contributed by atoms with E-state index < -0.39 is 29.8 Å². The number of anilines is 2. The van der Waals surface area contributed by atoms with Gasteiger partial charge < -0.3 is 20.3 Å². The Morgan fingerprint density at radius 1 is 1.25 bits per heavy atom. The quantitative estimate of drug-likeness (QED) is 0.773. The van der Waals surface area contributed by atoms with Gasteiger partial charge in [-0.1, -0.05) is 6.07 Å². The first-order valence-electron chi connectivity index (χ1n) is 7.02. The third-order valence-corrected chi connectivity index (χ3v) is 3.14. The van der Waals surface area contributed by atoms with Crippen molar-refractivity contribution in [2.75, 3.05) is 5.32 Å². The lowest BCUT2D eigenvalue weighted by molar-refractivity contribution is -0.140. The molecule has 0 saturated carbocycles. The number of hydrogen-bond donors (Lipinski definition) is 3. The van der Waals surface area contributed by atoms with Crippen molar-refractivity contribution in [2.24, 2.45) is 0 Å². The summed E-state index contributed by atoms with van der Waals surface area (Å²) in [6, 6.07) is 5.94. The Labute approximate surface area is 136 Å². The summed E-state index contributed by atoms with van der Waals surface area (Å²) < 4.78 is 44.2. The number of hydrogen-bond acceptors (Lipinski definition) is 6. The van der Waals surface area contributed by atoms with Crippen LogP contribution in [0, 0.1) is 0 Å². The van der Waals surface area contributed by atoms with E-state index in [4.69, 9.17) is 4.74 Å². The van der Waals surface area contributed by atoms with E-state index in [-0.39, 0.29) is 11.7 Å². The minimum Gasteiger partial charge on any atom is -0.508 e. The zero-order chi connectivity index (χ0) is 17.9. The Hall–Kier alpha value is -2.55. The molecule has 1 heterocycles. The maximum Gasteiger partial charge on any atom is 0.423 e.